The zero-order chi connectivity index (χ0) is 15.3. The largest absolute Gasteiger partial charge is 0.338 e. The minimum Gasteiger partial charge on any atom is -0.338 e. The van der Waals surface area contributed by atoms with Gasteiger partial charge >= 0.3 is 0 Å². The van der Waals surface area contributed by atoms with Gasteiger partial charge in [-0.2, -0.15) is 0 Å². The first kappa shape index (κ1) is 15.5. The van der Waals surface area contributed by atoms with Crippen molar-refractivity contribution in [1.29, 1.82) is 0 Å². The standard InChI is InChI=1S/C14H17N3O3S/c15-4-1-3-12-9-13(11-16-10-12)14(18)17-5-2-7-21(19,20)8-6-17/h9-11H,2,4-8,15H2. The van der Waals surface area contributed by atoms with Gasteiger partial charge in [-0.1, -0.05) is 11.8 Å². The van der Waals surface area contributed by atoms with Crippen molar-refractivity contribution in [2.24, 2.45) is 5.73 Å². The van der Waals surface area contributed by atoms with Crippen molar-refractivity contribution in [3.63, 3.8) is 0 Å². The van der Waals surface area contributed by atoms with Crippen molar-refractivity contribution in [1.82, 2.24) is 9.88 Å². The van der Waals surface area contributed by atoms with Gasteiger partial charge in [-0.05, 0) is 12.5 Å². The summed E-state index contributed by atoms with van der Waals surface area (Å²) in [5.41, 5.74) is 6.34. The quantitative estimate of drug-likeness (QED) is 0.716. The van der Waals surface area contributed by atoms with Crippen molar-refractivity contribution in [3.05, 3.63) is 29.6 Å². The third-order valence-corrected chi connectivity index (χ3v) is 4.88. The van der Waals surface area contributed by atoms with E-state index in [4.69, 9.17) is 5.73 Å². The summed E-state index contributed by atoms with van der Waals surface area (Å²) in [5.74, 6) is 5.47. The Bertz CT molecular complexity index is 689. The minimum atomic E-state index is -3.03. The molecule has 112 valence electrons. The van der Waals surface area contributed by atoms with Crippen molar-refractivity contribution in [3.8, 4) is 11.8 Å². The fourth-order valence-electron chi connectivity index (χ4n) is 2.10. The maximum Gasteiger partial charge on any atom is 0.255 e. The van der Waals surface area contributed by atoms with E-state index in [1.54, 1.807) is 17.2 Å². The number of aromatic nitrogens is 1. The molecule has 1 saturated heterocycles. The summed E-state index contributed by atoms with van der Waals surface area (Å²) >= 11 is 0. The second-order valence-corrected chi connectivity index (χ2v) is 7.07. The van der Waals surface area contributed by atoms with E-state index in [1.165, 1.54) is 6.20 Å². The van der Waals surface area contributed by atoms with Gasteiger partial charge in [0, 0.05) is 31.0 Å². The molecule has 2 N–H and O–H groups in total. The summed E-state index contributed by atoms with van der Waals surface area (Å²) in [6.45, 7) is 0.902. The molecule has 2 rings (SSSR count). The maximum absolute atomic E-state index is 12.4. The van der Waals surface area contributed by atoms with E-state index < -0.39 is 9.84 Å². The van der Waals surface area contributed by atoms with Crippen LogP contribution in [0.3, 0.4) is 0 Å². The average molecular weight is 307 g/mol. The Hall–Kier alpha value is -1.91. The van der Waals surface area contributed by atoms with Gasteiger partial charge in [0.2, 0.25) is 0 Å². The number of nitrogens with zero attached hydrogens (tertiary/aromatic N) is 2. The molecular weight excluding hydrogens is 290 g/mol. The number of hydrogen-bond acceptors (Lipinski definition) is 5. The van der Waals surface area contributed by atoms with Gasteiger partial charge in [-0.3, -0.25) is 9.78 Å². The third kappa shape index (κ3) is 4.28. The van der Waals surface area contributed by atoms with Crippen LogP contribution in [0.25, 0.3) is 0 Å². The van der Waals surface area contributed by atoms with Crippen LogP contribution >= 0.6 is 0 Å². The molecule has 7 heteroatoms. The van der Waals surface area contributed by atoms with Crippen LogP contribution in [0.2, 0.25) is 0 Å². The molecule has 1 aliphatic heterocycles. The van der Waals surface area contributed by atoms with E-state index in [9.17, 15) is 13.2 Å². The average Bonchev–Trinajstić information content (AvgIpc) is 2.65. The fourth-order valence-corrected chi connectivity index (χ4v) is 3.37. The highest BCUT2D eigenvalue weighted by Crippen LogP contribution is 2.11. The number of amides is 1. The highest BCUT2D eigenvalue weighted by atomic mass is 32.2. The first-order valence-corrected chi connectivity index (χ1v) is 8.48. The Morgan fingerprint density at radius 3 is 2.90 bits per heavy atom. The molecule has 21 heavy (non-hydrogen) atoms. The second-order valence-electron chi connectivity index (χ2n) is 4.77. The van der Waals surface area contributed by atoms with Crippen molar-refractivity contribution in [2.75, 3.05) is 31.1 Å². The lowest BCUT2D eigenvalue weighted by atomic mass is 10.2. The normalized spacial score (nSPS) is 17.5. The highest BCUT2D eigenvalue weighted by Gasteiger charge is 2.23. The molecule has 0 spiro atoms. The molecule has 2 heterocycles. The first-order chi connectivity index (χ1) is 10.0. The lowest BCUT2D eigenvalue weighted by molar-refractivity contribution is 0.0768. The lowest BCUT2D eigenvalue weighted by Crippen LogP contribution is -2.33. The molecule has 0 atom stereocenters. The third-order valence-electron chi connectivity index (χ3n) is 3.16. The summed E-state index contributed by atoms with van der Waals surface area (Å²) in [6.07, 6.45) is 3.50. The van der Waals surface area contributed by atoms with E-state index in [0.29, 0.717) is 24.1 Å². The van der Waals surface area contributed by atoms with Gasteiger partial charge in [-0.25, -0.2) is 8.42 Å². The van der Waals surface area contributed by atoms with Crippen LogP contribution in [0.4, 0.5) is 0 Å². The van der Waals surface area contributed by atoms with E-state index in [-0.39, 0.29) is 30.5 Å². The van der Waals surface area contributed by atoms with Gasteiger partial charge in [0.05, 0.1) is 23.6 Å². The second kappa shape index (κ2) is 6.70. The fraction of sp³-hybridized carbons (Fsp3) is 0.429. The maximum atomic E-state index is 12.4. The Balaban J connectivity index is 2.16. The number of rotatable bonds is 1. The van der Waals surface area contributed by atoms with Crippen LogP contribution < -0.4 is 5.73 Å². The first-order valence-electron chi connectivity index (χ1n) is 6.65. The number of hydrogen-bond donors (Lipinski definition) is 1. The van der Waals surface area contributed by atoms with Crippen LogP contribution in [-0.4, -0.2) is 55.3 Å². The van der Waals surface area contributed by atoms with Gasteiger partial charge < -0.3 is 10.6 Å². The summed E-state index contributed by atoms with van der Waals surface area (Å²) < 4.78 is 23.1. The molecule has 1 aromatic rings. The summed E-state index contributed by atoms with van der Waals surface area (Å²) in [5, 5.41) is 0. The molecule has 6 nitrogen and oxygen atoms in total. The van der Waals surface area contributed by atoms with E-state index in [2.05, 4.69) is 16.8 Å². The molecule has 0 bridgehead atoms. The number of nitrogens with two attached hydrogens (primary N) is 1. The molecular formula is C14H17N3O3S. The molecule has 1 aliphatic rings. The Labute approximate surface area is 124 Å². The van der Waals surface area contributed by atoms with Crippen molar-refractivity contribution < 1.29 is 13.2 Å². The monoisotopic (exact) mass is 307 g/mol. The summed E-state index contributed by atoms with van der Waals surface area (Å²) in [7, 11) is -3.03. The van der Waals surface area contributed by atoms with E-state index in [1.807, 2.05) is 0 Å². The predicted octanol–water partition coefficient (Wildman–Crippen LogP) is -0.347. The summed E-state index contributed by atoms with van der Waals surface area (Å²) in [6, 6.07) is 1.65. The van der Waals surface area contributed by atoms with Crippen LogP contribution in [0.1, 0.15) is 22.3 Å². The van der Waals surface area contributed by atoms with E-state index in [0.717, 1.165) is 0 Å². The molecule has 1 amide bonds. The number of sulfone groups is 1. The van der Waals surface area contributed by atoms with Crippen molar-refractivity contribution in [2.45, 2.75) is 6.42 Å². The van der Waals surface area contributed by atoms with Gasteiger partial charge in [-0.15, -0.1) is 0 Å². The molecule has 1 aromatic heterocycles. The van der Waals surface area contributed by atoms with Crippen LogP contribution in [0.5, 0.6) is 0 Å². The molecule has 0 aromatic carbocycles. The Morgan fingerprint density at radius 2 is 2.14 bits per heavy atom. The number of carbonyl (C=O) groups is 1. The number of carbonyl (C=O) groups excluding carboxylic acids is 1. The Morgan fingerprint density at radius 1 is 1.33 bits per heavy atom. The molecule has 1 fully saturated rings. The lowest BCUT2D eigenvalue weighted by Gasteiger charge is -2.19. The molecule has 0 saturated carbocycles. The number of pyridine rings is 1. The summed E-state index contributed by atoms with van der Waals surface area (Å²) in [4.78, 5) is 18.0. The zero-order valence-electron chi connectivity index (χ0n) is 11.6. The molecule has 0 radical (unpaired) electrons. The van der Waals surface area contributed by atoms with Crippen LogP contribution in [0, 0.1) is 11.8 Å². The van der Waals surface area contributed by atoms with E-state index >= 15 is 0 Å². The zero-order valence-corrected chi connectivity index (χ0v) is 12.4. The molecule has 0 aliphatic carbocycles. The minimum absolute atomic E-state index is 0.0127. The molecule has 0 unspecified atom stereocenters. The van der Waals surface area contributed by atoms with Gasteiger partial charge in [0.1, 0.15) is 0 Å². The van der Waals surface area contributed by atoms with Gasteiger partial charge in [0.25, 0.3) is 5.91 Å². The van der Waals surface area contributed by atoms with Crippen LogP contribution in [-0.2, 0) is 9.84 Å². The predicted molar refractivity (Wildman–Crippen MR) is 79.3 cm³/mol. The van der Waals surface area contributed by atoms with Gasteiger partial charge in [0.15, 0.2) is 9.84 Å². The topological polar surface area (TPSA) is 93.4 Å². The smallest absolute Gasteiger partial charge is 0.255 e. The Kier molecular flexibility index (Phi) is 4.94. The highest BCUT2D eigenvalue weighted by molar-refractivity contribution is 7.91. The van der Waals surface area contributed by atoms with Crippen molar-refractivity contribution >= 4 is 15.7 Å². The SMILES string of the molecule is NCC#Cc1cncc(C(=O)N2CCCS(=O)(=O)CC2)c1. The van der Waals surface area contributed by atoms with Crippen LogP contribution in [0.15, 0.2) is 18.5 Å².